The Kier molecular flexibility index (Phi) is 4.94. The number of hydrogen-bond donors (Lipinski definition) is 2. The van der Waals surface area contributed by atoms with Crippen molar-refractivity contribution in [3.05, 3.63) is 40.8 Å². The van der Waals surface area contributed by atoms with E-state index in [4.69, 9.17) is 22.4 Å². The molecule has 2 rings (SSSR count). The summed E-state index contributed by atoms with van der Waals surface area (Å²) >= 11 is 5.99. The summed E-state index contributed by atoms with van der Waals surface area (Å²) in [5.41, 5.74) is 0.771. The first-order valence-corrected chi connectivity index (χ1v) is 7.39. The predicted molar refractivity (Wildman–Crippen MR) is 85.1 cm³/mol. The van der Waals surface area contributed by atoms with E-state index in [1.807, 2.05) is 6.07 Å². The van der Waals surface area contributed by atoms with E-state index in [0.717, 1.165) is 22.2 Å². The lowest BCUT2D eigenvalue weighted by Gasteiger charge is -2.21. The summed E-state index contributed by atoms with van der Waals surface area (Å²) < 4.78 is 0.0424. The molecule has 0 saturated carbocycles. The van der Waals surface area contributed by atoms with Gasteiger partial charge in [0.25, 0.3) is 5.91 Å². The molecule has 1 aliphatic rings. The number of carboxylic acid groups (broad SMARTS) is 2. The molecule has 1 unspecified atom stereocenters. The zero-order valence-corrected chi connectivity index (χ0v) is 12.8. The zero-order chi connectivity index (χ0) is 16.3. The number of carbonyl (C=O) groups is 3. The van der Waals surface area contributed by atoms with Gasteiger partial charge in [0.05, 0.1) is 11.3 Å². The van der Waals surface area contributed by atoms with E-state index in [-0.39, 0.29) is 9.23 Å². The van der Waals surface area contributed by atoms with Gasteiger partial charge in [-0.2, -0.15) is 0 Å². The first-order chi connectivity index (χ1) is 10.4. The van der Waals surface area contributed by atoms with E-state index in [0.29, 0.717) is 0 Å². The van der Waals surface area contributed by atoms with Crippen molar-refractivity contribution in [3.8, 4) is 0 Å². The molecule has 1 fully saturated rings. The fourth-order valence-electron chi connectivity index (χ4n) is 1.90. The summed E-state index contributed by atoms with van der Waals surface area (Å²) in [5.74, 6) is -3.30. The zero-order valence-electron chi connectivity index (χ0n) is 11.1. The number of carboxylic acids is 2. The highest BCUT2D eigenvalue weighted by molar-refractivity contribution is 8.26. The average molecular weight is 337 g/mol. The van der Waals surface area contributed by atoms with Gasteiger partial charge in [0.1, 0.15) is 10.4 Å². The molecule has 0 radical (unpaired) electrons. The Morgan fingerprint density at radius 1 is 1.27 bits per heavy atom. The predicted octanol–water partition coefficient (Wildman–Crippen LogP) is 1.82. The lowest BCUT2D eigenvalue weighted by Crippen LogP contribution is -2.45. The van der Waals surface area contributed by atoms with Crippen LogP contribution in [0.15, 0.2) is 35.2 Å². The van der Waals surface area contributed by atoms with Gasteiger partial charge in [0, 0.05) is 0 Å². The number of benzene rings is 1. The van der Waals surface area contributed by atoms with E-state index in [9.17, 15) is 14.4 Å². The molecule has 1 amide bonds. The van der Waals surface area contributed by atoms with Gasteiger partial charge in [-0.25, -0.2) is 4.79 Å². The SMILES string of the molecule is O=C(O)CC(C(=O)O)N1C(=O)/C(=C/c2ccccc2)SC1=S. The van der Waals surface area contributed by atoms with Crippen LogP contribution in [0.3, 0.4) is 0 Å². The second kappa shape index (κ2) is 6.71. The number of aliphatic carboxylic acids is 2. The van der Waals surface area contributed by atoms with Crippen LogP contribution >= 0.6 is 24.0 Å². The molecule has 8 heteroatoms. The second-order valence-corrected chi connectivity index (χ2v) is 6.09. The van der Waals surface area contributed by atoms with E-state index in [1.54, 1.807) is 30.3 Å². The Bertz CT molecular complexity index is 671. The van der Waals surface area contributed by atoms with Gasteiger partial charge >= 0.3 is 11.9 Å². The average Bonchev–Trinajstić information content (AvgIpc) is 2.72. The molecule has 0 spiro atoms. The van der Waals surface area contributed by atoms with E-state index in [1.165, 1.54) is 0 Å². The van der Waals surface area contributed by atoms with Gasteiger partial charge in [-0.15, -0.1) is 0 Å². The third kappa shape index (κ3) is 3.52. The number of hydrogen-bond acceptors (Lipinski definition) is 5. The minimum atomic E-state index is -1.51. The maximum Gasteiger partial charge on any atom is 0.327 e. The van der Waals surface area contributed by atoms with Crippen LogP contribution in [0.1, 0.15) is 12.0 Å². The molecule has 1 aromatic carbocycles. The highest BCUT2D eigenvalue weighted by Gasteiger charge is 2.41. The highest BCUT2D eigenvalue weighted by atomic mass is 32.2. The molecule has 0 bridgehead atoms. The van der Waals surface area contributed by atoms with Crippen molar-refractivity contribution >= 4 is 52.2 Å². The van der Waals surface area contributed by atoms with Crippen LogP contribution in [0, 0.1) is 0 Å². The lowest BCUT2D eigenvalue weighted by atomic mass is 10.1. The van der Waals surface area contributed by atoms with Crippen molar-refractivity contribution in [1.82, 2.24) is 4.90 Å². The van der Waals surface area contributed by atoms with Gasteiger partial charge < -0.3 is 10.2 Å². The molecule has 1 aliphatic heterocycles. The molecule has 114 valence electrons. The van der Waals surface area contributed by atoms with Crippen molar-refractivity contribution in [2.45, 2.75) is 12.5 Å². The van der Waals surface area contributed by atoms with Crippen molar-refractivity contribution in [2.24, 2.45) is 0 Å². The van der Waals surface area contributed by atoms with Crippen LogP contribution in [-0.4, -0.2) is 43.3 Å². The molecule has 22 heavy (non-hydrogen) atoms. The smallest absolute Gasteiger partial charge is 0.327 e. The van der Waals surface area contributed by atoms with E-state index < -0.39 is 30.3 Å². The third-order valence-corrected chi connectivity index (χ3v) is 4.22. The minimum Gasteiger partial charge on any atom is -0.481 e. The van der Waals surface area contributed by atoms with E-state index >= 15 is 0 Å². The van der Waals surface area contributed by atoms with Crippen molar-refractivity contribution < 1.29 is 24.6 Å². The third-order valence-electron chi connectivity index (χ3n) is 2.89. The number of thioether (sulfide) groups is 1. The molecule has 1 atom stereocenters. The van der Waals surface area contributed by atoms with Gasteiger partial charge in [-0.1, -0.05) is 54.3 Å². The number of nitrogens with zero attached hydrogens (tertiary/aromatic N) is 1. The molecule has 0 aliphatic carbocycles. The van der Waals surface area contributed by atoms with Gasteiger partial charge in [-0.05, 0) is 11.6 Å². The van der Waals surface area contributed by atoms with Crippen molar-refractivity contribution in [2.75, 3.05) is 0 Å². The maximum absolute atomic E-state index is 12.3. The molecular formula is C14H11NO5S2. The van der Waals surface area contributed by atoms with Crippen LogP contribution in [-0.2, 0) is 14.4 Å². The standard InChI is InChI=1S/C14H11NO5S2/c16-11(17)7-9(13(19)20)15-12(18)10(22-14(15)21)6-8-4-2-1-3-5-8/h1-6,9H,7H2,(H,16,17)(H,19,20)/b10-6-. The molecule has 6 nitrogen and oxygen atoms in total. The van der Waals surface area contributed by atoms with Crippen LogP contribution in [0.4, 0.5) is 0 Å². The normalized spacial score (nSPS) is 17.8. The Balaban J connectivity index is 2.30. The summed E-state index contributed by atoms with van der Waals surface area (Å²) in [6.45, 7) is 0. The fraction of sp³-hybridized carbons (Fsp3) is 0.143. The number of thiocarbonyl (C=S) groups is 1. The molecule has 1 heterocycles. The molecule has 1 aromatic rings. The van der Waals surface area contributed by atoms with E-state index in [2.05, 4.69) is 0 Å². The largest absolute Gasteiger partial charge is 0.481 e. The molecule has 0 aromatic heterocycles. The first-order valence-electron chi connectivity index (χ1n) is 6.17. The van der Waals surface area contributed by atoms with Crippen molar-refractivity contribution in [1.29, 1.82) is 0 Å². The van der Waals surface area contributed by atoms with Gasteiger partial charge in [0.15, 0.2) is 0 Å². The van der Waals surface area contributed by atoms with Crippen LogP contribution in [0.25, 0.3) is 6.08 Å². The Morgan fingerprint density at radius 3 is 2.45 bits per heavy atom. The number of rotatable bonds is 5. The lowest BCUT2D eigenvalue weighted by molar-refractivity contribution is -0.150. The Labute approximate surface area is 135 Å². The summed E-state index contributed by atoms with van der Waals surface area (Å²) in [6.07, 6.45) is 0.888. The van der Waals surface area contributed by atoms with Crippen LogP contribution in [0.2, 0.25) is 0 Å². The van der Waals surface area contributed by atoms with Gasteiger partial charge in [-0.3, -0.25) is 14.5 Å². The molecule has 1 saturated heterocycles. The summed E-state index contributed by atoms with van der Waals surface area (Å²) in [5, 5.41) is 17.9. The Morgan fingerprint density at radius 2 is 1.91 bits per heavy atom. The summed E-state index contributed by atoms with van der Waals surface area (Å²) in [4.78, 5) is 35.5. The van der Waals surface area contributed by atoms with Gasteiger partial charge in [0.2, 0.25) is 0 Å². The quantitative estimate of drug-likeness (QED) is 0.625. The first kappa shape index (κ1) is 16.2. The fourth-order valence-corrected chi connectivity index (χ4v) is 3.26. The topological polar surface area (TPSA) is 94.9 Å². The monoisotopic (exact) mass is 337 g/mol. The number of amides is 1. The maximum atomic E-state index is 12.3. The van der Waals surface area contributed by atoms with Crippen LogP contribution in [0.5, 0.6) is 0 Å². The summed E-state index contributed by atoms with van der Waals surface area (Å²) in [6, 6.07) is 7.51. The van der Waals surface area contributed by atoms with Crippen LogP contribution < -0.4 is 0 Å². The summed E-state index contributed by atoms with van der Waals surface area (Å²) in [7, 11) is 0. The minimum absolute atomic E-state index is 0.0424. The number of carbonyl (C=O) groups excluding carboxylic acids is 1. The highest BCUT2D eigenvalue weighted by Crippen LogP contribution is 2.34. The van der Waals surface area contributed by atoms with Crippen molar-refractivity contribution in [3.63, 3.8) is 0 Å². The molecule has 2 N–H and O–H groups in total. The molecular weight excluding hydrogens is 326 g/mol. The Hall–Kier alpha value is -2.19. The second-order valence-electron chi connectivity index (χ2n) is 4.41.